The lowest BCUT2D eigenvalue weighted by atomic mass is 10.1. The van der Waals surface area contributed by atoms with E-state index in [0.717, 1.165) is 19.6 Å². The van der Waals surface area contributed by atoms with E-state index in [1.54, 1.807) is 29.2 Å². The van der Waals surface area contributed by atoms with Crippen LogP contribution in [0.4, 0.5) is 10.5 Å². The molecule has 3 amide bonds. The minimum absolute atomic E-state index is 0.00838. The first-order valence-electron chi connectivity index (χ1n) is 11.1. The summed E-state index contributed by atoms with van der Waals surface area (Å²) in [6.45, 7) is 5.97. The van der Waals surface area contributed by atoms with Gasteiger partial charge in [-0.2, -0.15) is 0 Å². The number of rotatable bonds is 7. The lowest BCUT2D eigenvalue weighted by molar-refractivity contribution is 0.0486. The van der Waals surface area contributed by atoms with Crippen molar-refractivity contribution in [1.29, 1.82) is 0 Å². The van der Waals surface area contributed by atoms with Gasteiger partial charge in [-0.05, 0) is 35.4 Å². The Hall–Kier alpha value is -2.94. The molecule has 1 saturated heterocycles. The first-order chi connectivity index (χ1) is 15.6. The summed E-state index contributed by atoms with van der Waals surface area (Å²) in [5, 5.41) is 11.7. The molecule has 0 unspecified atom stereocenters. The summed E-state index contributed by atoms with van der Waals surface area (Å²) < 4.78 is 5.31. The number of anilines is 1. The Morgan fingerprint density at radius 2 is 1.53 bits per heavy atom. The number of aliphatic hydroxyl groups is 1. The number of nitrogens with zero attached hydrogens (tertiary/aromatic N) is 3. The molecule has 0 radical (unpaired) electrons. The summed E-state index contributed by atoms with van der Waals surface area (Å²) in [4.78, 5) is 31.3. The molecular formula is C24H30N4O4. The minimum atomic E-state index is -0.139. The van der Waals surface area contributed by atoms with Crippen LogP contribution in [0.25, 0.3) is 0 Å². The fourth-order valence-electron chi connectivity index (χ4n) is 4.09. The molecule has 0 atom stereocenters. The topological polar surface area (TPSA) is 85.4 Å². The average Bonchev–Trinajstić information content (AvgIpc) is 3.27. The van der Waals surface area contributed by atoms with E-state index in [-0.39, 0.29) is 18.5 Å². The number of benzene rings is 2. The quantitative estimate of drug-likeness (QED) is 0.646. The van der Waals surface area contributed by atoms with E-state index in [1.807, 2.05) is 29.2 Å². The van der Waals surface area contributed by atoms with Gasteiger partial charge >= 0.3 is 6.03 Å². The molecule has 8 nitrogen and oxygen atoms in total. The van der Waals surface area contributed by atoms with Gasteiger partial charge in [0.15, 0.2) is 0 Å². The van der Waals surface area contributed by atoms with Crippen molar-refractivity contribution in [3.63, 3.8) is 0 Å². The highest BCUT2D eigenvalue weighted by molar-refractivity contribution is 5.95. The lowest BCUT2D eigenvalue weighted by Crippen LogP contribution is -2.49. The molecule has 0 bridgehead atoms. The highest BCUT2D eigenvalue weighted by Gasteiger charge is 2.24. The van der Waals surface area contributed by atoms with Crippen LogP contribution in [0.5, 0.6) is 0 Å². The molecule has 8 heteroatoms. The first kappa shape index (κ1) is 22.3. The number of carbonyl (C=O) groups excluding carboxylic acids is 2. The van der Waals surface area contributed by atoms with Crippen LogP contribution in [-0.4, -0.2) is 84.3 Å². The maximum absolute atomic E-state index is 12.8. The number of fused-ring (bicyclic) bond motifs is 1. The maximum atomic E-state index is 12.8. The fraction of sp³-hybridized carbons (Fsp3) is 0.417. The zero-order valence-corrected chi connectivity index (χ0v) is 18.2. The second kappa shape index (κ2) is 10.6. The number of piperazine rings is 1. The average molecular weight is 439 g/mol. The monoisotopic (exact) mass is 438 g/mol. The van der Waals surface area contributed by atoms with Gasteiger partial charge in [-0.1, -0.05) is 24.3 Å². The third-order valence-electron chi connectivity index (χ3n) is 5.96. The van der Waals surface area contributed by atoms with E-state index >= 15 is 0 Å². The van der Waals surface area contributed by atoms with E-state index in [0.29, 0.717) is 50.6 Å². The highest BCUT2D eigenvalue weighted by atomic mass is 16.5. The zero-order chi connectivity index (χ0) is 22.3. The molecule has 0 spiro atoms. The SMILES string of the molecule is O=C(Nc1ccc(C(=O)N2CCN(CCOCCO)CC2)cc1)N1Cc2ccccc2C1. The Bertz CT molecular complexity index is 901. The number of carbonyl (C=O) groups is 2. The number of ether oxygens (including phenoxy) is 1. The third-order valence-corrected chi connectivity index (χ3v) is 5.96. The van der Waals surface area contributed by atoms with Crippen LogP contribution in [-0.2, 0) is 17.8 Å². The molecule has 32 heavy (non-hydrogen) atoms. The van der Waals surface area contributed by atoms with E-state index in [9.17, 15) is 9.59 Å². The van der Waals surface area contributed by atoms with Crippen molar-refractivity contribution in [2.45, 2.75) is 13.1 Å². The molecule has 2 aromatic rings. The summed E-state index contributed by atoms with van der Waals surface area (Å²) in [5.74, 6) is 0.00838. The summed E-state index contributed by atoms with van der Waals surface area (Å²) in [5.41, 5.74) is 3.66. The van der Waals surface area contributed by atoms with Gasteiger partial charge < -0.3 is 25.0 Å². The van der Waals surface area contributed by atoms with Crippen LogP contribution in [0.1, 0.15) is 21.5 Å². The molecule has 170 valence electrons. The number of aliphatic hydroxyl groups excluding tert-OH is 1. The number of hydrogen-bond donors (Lipinski definition) is 2. The first-order valence-corrected chi connectivity index (χ1v) is 11.1. The van der Waals surface area contributed by atoms with Gasteiger partial charge in [0.25, 0.3) is 5.91 Å². The largest absolute Gasteiger partial charge is 0.394 e. The van der Waals surface area contributed by atoms with Crippen molar-refractivity contribution in [3.05, 3.63) is 65.2 Å². The standard InChI is InChI=1S/C24H30N4O4/c29-14-16-32-15-13-26-9-11-27(12-10-26)23(30)19-5-7-22(8-6-19)25-24(31)28-17-20-3-1-2-4-21(20)18-28/h1-8,29H,9-18H2,(H,25,31). The van der Waals surface area contributed by atoms with Crippen molar-refractivity contribution < 1.29 is 19.4 Å². The van der Waals surface area contributed by atoms with E-state index < -0.39 is 0 Å². The predicted octanol–water partition coefficient (Wildman–Crippen LogP) is 2.00. The number of amides is 3. The summed E-state index contributed by atoms with van der Waals surface area (Å²) in [7, 11) is 0. The second-order valence-corrected chi connectivity index (χ2v) is 8.10. The van der Waals surface area contributed by atoms with Crippen LogP contribution in [0.15, 0.2) is 48.5 Å². The van der Waals surface area contributed by atoms with Gasteiger partial charge in [0, 0.05) is 57.1 Å². The van der Waals surface area contributed by atoms with Gasteiger partial charge in [0.2, 0.25) is 0 Å². The van der Waals surface area contributed by atoms with Gasteiger partial charge in [0.05, 0.1) is 19.8 Å². The van der Waals surface area contributed by atoms with Crippen molar-refractivity contribution >= 4 is 17.6 Å². The zero-order valence-electron chi connectivity index (χ0n) is 18.2. The number of urea groups is 1. The summed E-state index contributed by atoms with van der Waals surface area (Å²) in [6.07, 6.45) is 0. The Balaban J connectivity index is 1.24. The normalized spacial score (nSPS) is 16.2. The third kappa shape index (κ3) is 5.45. The van der Waals surface area contributed by atoms with Gasteiger partial charge in [-0.3, -0.25) is 9.69 Å². The molecule has 1 fully saturated rings. The van der Waals surface area contributed by atoms with Gasteiger partial charge in [0.1, 0.15) is 0 Å². The van der Waals surface area contributed by atoms with Gasteiger partial charge in [-0.15, -0.1) is 0 Å². The van der Waals surface area contributed by atoms with E-state index in [2.05, 4.69) is 10.2 Å². The van der Waals surface area contributed by atoms with Crippen molar-refractivity contribution in [1.82, 2.24) is 14.7 Å². The molecule has 2 aliphatic rings. The van der Waals surface area contributed by atoms with E-state index in [4.69, 9.17) is 9.84 Å². The molecule has 4 rings (SSSR count). The van der Waals surface area contributed by atoms with E-state index in [1.165, 1.54) is 11.1 Å². The molecule has 0 aliphatic carbocycles. The van der Waals surface area contributed by atoms with Crippen molar-refractivity contribution in [3.8, 4) is 0 Å². The summed E-state index contributed by atoms with van der Waals surface area (Å²) in [6, 6.07) is 15.0. The predicted molar refractivity (Wildman–Crippen MR) is 121 cm³/mol. The second-order valence-electron chi connectivity index (χ2n) is 8.10. The maximum Gasteiger partial charge on any atom is 0.322 e. The van der Waals surface area contributed by atoms with Crippen LogP contribution >= 0.6 is 0 Å². The van der Waals surface area contributed by atoms with Crippen LogP contribution < -0.4 is 5.32 Å². The molecular weight excluding hydrogens is 408 g/mol. The smallest absolute Gasteiger partial charge is 0.322 e. The molecule has 0 saturated carbocycles. The molecule has 0 aromatic heterocycles. The van der Waals surface area contributed by atoms with Crippen LogP contribution in [0, 0.1) is 0 Å². The van der Waals surface area contributed by atoms with Crippen molar-refractivity contribution in [2.24, 2.45) is 0 Å². The Morgan fingerprint density at radius 3 is 2.16 bits per heavy atom. The Morgan fingerprint density at radius 1 is 0.875 bits per heavy atom. The van der Waals surface area contributed by atoms with Crippen molar-refractivity contribution in [2.75, 3.05) is 57.9 Å². The highest BCUT2D eigenvalue weighted by Crippen LogP contribution is 2.23. The van der Waals surface area contributed by atoms with Crippen LogP contribution in [0.3, 0.4) is 0 Å². The number of hydrogen-bond acceptors (Lipinski definition) is 5. The molecule has 2 aliphatic heterocycles. The summed E-state index contributed by atoms with van der Waals surface area (Å²) >= 11 is 0. The van der Waals surface area contributed by atoms with Gasteiger partial charge in [-0.25, -0.2) is 4.79 Å². The molecule has 2 aromatic carbocycles. The Kier molecular flexibility index (Phi) is 7.36. The van der Waals surface area contributed by atoms with Crippen LogP contribution in [0.2, 0.25) is 0 Å². The molecule has 2 heterocycles. The number of nitrogens with one attached hydrogen (secondary N) is 1. The molecule has 2 N–H and O–H groups in total. The fourth-order valence-corrected chi connectivity index (χ4v) is 4.09. The minimum Gasteiger partial charge on any atom is -0.394 e. The lowest BCUT2D eigenvalue weighted by Gasteiger charge is -2.34. The Labute approximate surface area is 188 Å².